The Labute approximate surface area is 275 Å². The minimum Gasteiger partial charge on any atom is -0.508 e. The summed E-state index contributed by atoms with van der Waals surface area (Å²) in [5, 5.41) is 15.4. The van der Waals surface area contributed by atoms with Crippen LogP contribution in [0.2, 0.25) is 0 Å². The summed E-state index contributed by atoms with van der Waals surface area (Å²) in [7, 11) is 1.68. The van der Waals surface area contributed by atoms with Gasteiger partial charge in [0.05, 0.1) is 35.0 Å². The number of methoxy groups -OCH3 is 1. The first-order chi connectivity index (χ1) is 23.2. The predicted molar refractivity (Wildman–Crippen MR) is 176 cm³/mol. The van der Waals surface area contributed by atoms with Crippen molar-refractivity contribution in [1.29, 1.82) is 0 Å². The van der Waals surface area contributed by atoms with Gasteiger partial charge in [0.15, 0.2) is 5.82 Å². The molecule has 0 saturated carbocycles. The van der Waals surface area contributed by atoms with Crippen LogP contribution in [-0.4, -0.2) is 88.6 Å². The highest BCUT2D eigenvalue weighted by molar-refractivity contribution is 6.03. The number of phenols is 1. The lowest BCUT2D eigenvalue weighted by Gasteiger charge is -2.41. The van der Waals surface area contributed by atoms with Crippen LogP contribution in [-0.2, 0) is 4.74 Å². The summed E-state index contributed by atoms with van der Waals surface area (Å²) in [6.07, 6.45) is 12.1. The van der Waals surface area contributed by atoms with Crippen LogP contribution in [0.3, 0.4) is 0 Å². The van der Waals surface area contributed by atoms with Crippen molar-refractivity contribution in [2.75, 3.05) is 51.4 Å². The number of nitrogens with one attached hydrogen (secondary N) is 1. The Morgan fingerprint density at radius 1 is 1.21 bits per heavy atom. The molecule has 2 bridgehead atoms. The number of terminal acetylenes is 1. The van der Waals surface area contributed by atoms with E-state index in [-0.39, 0.29) is 63.2 Å². The second-order valence-electron chi connectivity index (χ2n) is 13.6. The molecule has 9 nitrogen and oxygen atoms in total. The molecule has 2 aromatic carbocycles. The van der Waals surface area contributed by atoms with Crippen LogP contribution >= 0.6 is 0 Å². The quantitative estimate of drug-likeness (QED) is 0.259. The average molecular weight is 657 g/mol. The first-order valence-corrected chi connectivity index (χ1v) is 16.2. The van der Waals surface area contributed by atoms with Crippen molar-refractivity contribution < 1.29 is 27.8 Å². The Hall–Kier alpha value is -4.44. The first-order valence-electron chi connectivity index (χ1n) is 16.2. The smallest absolute Gasteiger partial charge is 0.319 e. The normalized spacial score (nSPS) is 26.1. The Morgan fingerprint density at radius 3 is 2.90 bits per heavy atom. The Kier molecular flexibility index (Phi) is 7.47. The van der Waals surface area contributed by atoms with Crippen LogP contribution in [0.1, 0.15) is 37.7 Å². The van der Waals surface area contributed by atoms with E-state index in [9.17, 15) is 13.9 Å². The van der Waals surface area contributed by atoms with E-state index in [4.69, 9.17) is 20.9 Å². The van der Waals surface area contributed by atoms with Crippen molar-refractivity contribution in [1.82, 2.24) is 25.2 Å². The summed E-state index contributed by atoms with van der Waals surface area (Å²) in [5.74, 6) is 1.28. The third kappa shape index (κ3) is 4.95. The number of fused-ring (bicyclic) bond motifs is 5. The number of anilines is 1. The lowest BCUT2D eigenvalue weighted by atomic mass is 9.94. The van der Waals surface area contributed by atoms with Crippen LogP contribution in [0.25, 0.3) is 32.9 Å². The zero-order valence-electron chi connectivity index (χ0n) is 26.5. The lowest BCUT2D eigenvalue weighted by Crippen LogP contribution is -2.61. The summed E-state index contributed by atoms with van der Waals surface area (Å²) in [5.41, 5.74) is -0.0537. The van der Waals surface area contributed by atoms with E-state index in [1.807, 2.05) is 0 Å². The van der Waals surface area contributed by atoms with Gasteiger partial charge in [0.2, 0.25) is 0 Å². The fourth-order valence-corrected chi connectivity index (χ4v) is 8.50. The average Bonchev–Trinajstić information content (AvgIpc) is 3.73. The summed E-state index contributed by atoms with van der Waals surface area (Å²) >= 11 is 0. The summed E-state index contributed by atoms with van der Waals surface area (Å²) in [6.45, 7) is 3.31. The van der Waals surface area contributed by atoms with Crippen molar-refractivity contribution in [3.8, 4) is 35.4 Å². The van der Waals surface area contributed by atoms with Crippen LogP contribution in [0.4, 0.5) is 19.0 Å². The van der Waals surface area contributed by atoms with E-state index >= 15 is 4.39 Å². The number of pyridine rings is 1. The number of rotatable bonds is 7. The number of aromatic hydroxyl groups is 1. The van der Waals surface area contributed by atoms with Gasteiger partial charge in [-0.25, -0.2) is 13.2 Å². The number of aromatic nitrogens is 3. The van der Waals surface area contributed by atoms with Crippen LogP contribution < -0.4 is 15.0 Å². The Balaban J connectivity index is 1.27. The number of ether oxygens (including phenoxy) is 2. The van der Waals surface area contributed by atoms with Gasteiger partial charge in [-0.05, 0) is 67.8 Å². The molecule has 4 aliphatic heterocycles. The Bertz CT molecular complexity index is 2030. The van der Waals surface area contributed by atoms with Gasteiger partial charge in [-0.15, -0.1) is 6.42 Å². The monoisotopic (exact) mass is 656 g/mol. The lowest BCUT2D eigenvalue weighted by molar-refractivity contribution is 0.107. The van der Waals surface area contributed by atoms with Crippen molar-refractivity contribution in [3.63, 3.8) is 0 Å². The van der Waals surface area contributed by atoms with Crippen molar-refractivity contribution in [2.45, 2.75) is 49.2 Å². The minimum atomic E-state index is -0.783. The van der Waals surface area contributed by atoms with E-state index in [2.05, 4.69) is 31.0 Å². The zero-order valence-corrected chi connectivity index (χ0v) is 26.5. The van der Waals surface area contributed by atoms with E-state index in [1.165, 1.54) is 30.5 Å². The largest absolute Gasteiger partial charge is 0.508 e. The number of nitrogens with zero attached hydrogens (tertiary/aromatic N) is 5. The van der Waals surface area contributed by atoms with Gasteiger partial charge >= 0.3 is 6.01 Å². The summed E-state index contributed by atoms with van der Waals surface area (Å²) in [6, 6.07) is 5.64. The van der Waals surface area contributed by atoms with Crippen LogP contribution in [0.15, 0.2) is 42.4 Å². The SMILES string of the molecule is C#Cc1c(F)ccc2cc(O)cc(-c3ncc4c(N5C[C@@H]6CC[C@](COC)(C5)N6)nc(OCC56CCCN5C/C(=C/F)C6)nc4c3F)c12. The molecule has 3 atom stereocenters. The second kappa shape index (κ2) is 11.6. The van der Waals surface area contributed by atoms with E-state index < -0.39 is 11.6 Å². The molecule has 6 heterocycles. The standard InChI is InChI=1S/C36H35F3N6O3/c1-3-25-28(38)6-5-22-11-24(46)12-26(29(22)25)31-30(39)32-27(15-40-31)33(44-17-23-7-9-35(18-44,43-23)19-47-2)42-34(41-32)48-20-36-8-4-10-45(36)16-21(13-36)14-37/h1,5-6,11-12,14-15,23,43,46H,4,7-10,13,16-20H2,2H3/b21-14+/t23-,35+,36?/m0/s1. The molecule has 2 N–H and O–H groups in total. The molecule has 2 aromatic heterocycles. The minimum absolute atomic E-state index is 0.00440. The molecule has 4 aromatic rings. The number of benzene rings is 2. The fourth-order valence-electron chi connectivity index (χ4n) is 8.50. The molecular formula is C36H35F3N6O3. The van der Waals surface area contributed by atoms with Gasteiger partial charge in [0.1, 0.15) is 35.2 Å². The maximum atomic E-state index is 16.9. The molecular weight excluding hydrogens is 621 g/mol. The molecule has 48 heavy (non-hydrogen) atoms. The molecule has 0 radical (unpaired) electrons. The topological polar surface area (TPSA) is 95.9 Å². The van der Waals surface area contributed by atoms with E-state index in [1.54, 1.807) is 7.11 Å². The highest BCUT2D eigenvalue weighted by Crippen LogP contribution is 2.43. The van der Waals surface area contributed by atoms with E-state index in [0.717, 1.165) is 37.8 Å². The number of hydrogen-bond acceptors (Lipinski definition) is 9. The van der Waals surface area contributed by atoms with Gasteiger partial charge in [-0.3, -0.25) is 9.88 Å². The highest BCUT2D eigenvalue weighted by Gasteiger charge is 2.48. The van der Waals surface area contributed by atoms with Crippen molar-refractivity contribution >= 4 is 27.5 Å². The van der Waals surface area contributed by atoms with Crippen LogP contribution in [0, 0.1) is 24.0 Å². The molecule has 0 amide bonds. The zero-order chi connectivity index (χ0) is 33.2. The summed E-state index contributed by atoms with van der Waals surface area (Å²) in [4.78, 5) is 18.3. The first kappa shape index (κ1) is 30.9. The van der Waals surface area contributed by atoms with Crippen molar-refractivity contribution in [2.24, 2.45) is 0 Å². The maximum Gasteiger partial charge on any atom is 0.319 e. The fraction of sp³-hybridized carbons (Fsp3) is 0.417. The van der Waals surface area contributed by atoms with Crippen molar-refractivity contribution in [3.05, 3.63) is 59.6 Å². The van der Waals surface area contributed by atoms with Gasteiger partial charge in [-0.2, -0.15) is 9.97 Å². The molecule has 8 rings (SSSR count). The second-order valence-corrected chi connectivity index (χ2v) is 13.6. The number of phenolic OH excluding ortho intramolecular Hbond substituents is 1. The molecule has 1 unspecified atom stereocenters. The molecule has 0 aliphatic carbocycles. The van der Waals surface area contributed by atoms with Gasteiger partial charge < -0.3 is 24.8 Å². The number of piperazine rings is 1. The van der Waals surface area contributed by atoms with Gasteiger partial charge in [0.25, 0.3) is 0 Å². The third-order valence-electron chi connectivity index (χ3n) is 10.5. The number of halogens is 3. The predicted octanol–water partition coefficient (Wildman–Crippen LogP) is 5.24. The van der Waals surface area contributed by atoms with Crippen LogP contribution in [0.5, 0.6) is 11.8 Å². The molecule has 248 valence electrons. The summed E-state index contributed by atoms with van der Waals surface area (Å²) < 4.78 is 57.3. The number of hydrogen-bond donors (Lipinski definition) is 2. The van der Waals surface area contributed by atoms with E-state index in [0.29, 0.717) is 55.6 Å². The molecule has 4 aliphatic rings. The van der Waals surface area contributed by atoms with Gasteiger partial charge in [-0.1, -0.05) is 12.0 Å². The van der Waals surface area contributed by atoms with Gasteiger partial charge in [0, 0.05) is 49.9 Å². The highest BCUT2D eigenvalue weighted by atomic mass is 19.1. The molecule has 4 saturated heterocycles. The third-order valence-corrected chi connectivity index (χ3v) is 10.5. The maximum absolute atomic E-state index is 16.9. The molecule has 12 heteroatoms. The molecule has 0 spiro atoms. The Morgan fingerprint density at radius 2 is 2.08 bits per heavy atom. The molecule has 4 fully saturated rings.